The molecule has 0 unspecified atom stereocenters. The van der Waals surface area contributed by atoms with Gasteiger partial charge in [0.15, 0.2) is 0 Å². The number of unbranched alkanes of at least 4 members (excludes halogenated alkanes) is 9. The molecule has 0 bridgehead atoms. The first-order valence-electron chi connectivity index (χ1n) is 22.0. The Bertz CT molecular complexity index is 2460. The van der Waals surface area contributed by atoms with Crippen LogP contribution in [0.25, 0.3) is 77.9 Å². The molecule has 0 radical (unpaired) electrons. The van der Waals surface area contributed by atoms with Crippen molar-refractivity contribution in [3.8, 4) is 33.4 Å². The molecule has 300 valence electrons. The predicted octanol–water partition coefficient (Wildman–Crippen LogP) is 16.4. The zero-order valence-corrected chi connectivity index (χ0v) is 35.4. The van der Waals surface area contributed by atoms with Crippen LogP contribution >= 0.6 is 0 Å². The van der Waals surface area contributed by atoms with Crippen molar-refractivity contribution in [3.05, 3.63) is 157 Å². The highest BCUT2D eigenvalue weighted by atomic mass is 16.5. The van der Waals surface area contributed by atoms with Gasteiger partial charge in [-0.15, -0.1) is 0 Å². The lowest BCUT2D eigenvalue weighted by Gasteiger charge is -2.21. The van der Waals surface area contributed by atoms with E-state index in [1.807, 2.05) is 12.2 Å². The molecule has 0 heterocycles. The largest absolute Gasteiger partial charge is 0.462 e. The van der Waals surface area contributed by atoms with Gasteiger partial charge in [0.1, 0.15) is 0 Å². The molecule has 2 nitrogen and oxygen atoms in total. The lowest BCUT2D eigenvalue weighted by Crippen LogP contribution is -2.06. The summed E-state index contributed by atoms with van der Waals surface area (Å²) in [4.78, 5) is 11.9. The Morgan fingerprint density at radius 1 is 0.525 bits per heavy atom. The average Bonchev–Trinajstić information content (AvgIpc) is 3.27. The molecule has 0 aliphatic carbocycles. The fourth-order valence-corrected chi connectivity index (χ4v) is 8.81. The summed E-state index contributed by atoms with van der Waals surface area (Å²) >= 11 is 0. The van der Waals surface area contributed by atoms with Crippen LogP contribution in [-0.2, 0) is 22.4 Å². The molecule has 0 saturated heterocycles. The number of carbonyl (C=O) groups excluding carboxylic acids is 1. The fraction of sp³-hybridized carbons (Fsp3) is 0.281. The first-order chi connectivity index (χ1) is 28.9. The highest BCUT2D eigenvalue weighted by molar-refractivity contribution is 6.30. The van der Waals surface area contributed by atoms with E-state index in [1.54, 1.807) is 6.92 Å². The molecule has 0 aliphatic rings. The summed E-state index contributed by atoms with van der Waals surface area (Å²) in [6, 6.07) is 41.1. The summed E-state index contributed by atoms with van der Waals surface area (Å²) in [7, 11) is 0. The summed E-state index contributed by atoms with van der Waals surface area (Å²) in [5.41, 5.74) is 12.7. The second kappa shape index (κ2) is 19.8. The van der Waals surface area contributed by atoms with Gasteiger partial charge in [0, 0.05) is 5.57 Å². The van der Waals surface area contributed by atoms with Crippen molar-refractivity contribution >= 4 is 50.4 Å². The Balaban J connectivity index is 1.31. The van der Waals surface area contributed by atoms with E-state index in [0.29, 0.717) is 12.2 Å². The zero-order chi connectivity index (χ0) is 41.1. The van der Waals surface area contributed by atoms with E-state index in [-0.39, 0.29) is 5.97 Å². The van der Waals surface area contributed by atoms with Gasteiger partial charge in [0.05, 0.1) is 6.61 Å². The number of hydrogen-bond acceptors (Lipinski definition) is 2. The molecule has 0 aliphatic heterocycles. The molecule has 0 spiro atoms. The highest BCUT2D eigenvalue weighted by Crippen LogP contribution is 2.47. The van der Waals surface area contributed by atoms with Crippen LogP contribution in [0.3, 0.4) is 0 Å². The van der Waals surface area contributed by atoms with Crippen molar-refractivity contribution in [3.63, 3.8) is 0 Å². The van der Waals surface area contributed by atoms with Crippen LogP contribution in [0.4, 0.5) is 0 Å². The minimum atomic E-state index is -0.321. The molecule has 0 N–H and O–H groups in total. The van der Waals surface area contributed by atoms with Gasteiger partial charge in [-0.3, -0.25) is 0 Å². The summed E-state index contributed by atoms with van der Waals surface area (Å²) in [5.74, 6) is -0.321. The average molecular weight is 777 g/mol. The Morgan fingerprint density at radius 2 is 0.966 bits per heavy atom. The minimum absolute atomic E-state index is 0.321. The molecule has 0 amide bonds. The molecular weight excluding hydrogens is 717 g/mol. The Hall–Kier alpha value is -5.73. The van der Waals surface area contributed by atoms with Crippen LogP contribution in [-0.4, -0.2) is 12.6 Å². The van der Waals surface area contributed by atoms with Gasteiger partial charge in [-0.1, -0.05) is 194 Å². The molecule has 59 heavy (non-hydrogen) atoms. The number of rotatable bonds is 21. The van der Waals surface area contributed by atoms with Crippen molar-refractivity contribution in [2.45, 2.75) is 97.3 Å². The lowest BCUT2D eigenvalue weighted by atomic mass is 9.82. The quantitative estimate of drug-likeness (QED) is 0.0314. The van der Waals surface area contributed by atoms with Crippen LogP contribution in [0.1, 0.15) is 107 Å². The van der Waals surface area contributed by atoms with Crippen LogP contribution in [0, 0.1) is 0 Å². The van der Waals surface area contributed by atoms with Crippen molar-refractivity contribution in [1.29, 1.82) is 0 Å². The smallest absolute Gasteiger partial charge is 0.333 e. The van der Waals surface area contributed by atoms with E-state index in [2.05, 4.69) is 136 Å². The standard InChI is InChI=1S/C57H60O2/c1-6-9-10-11-12-13-14-15-16-17-20-47-38-52(44-31-25-43(26-32-44)19-18-37-59-57(58)40(4)5)49-35-36-51-54(46-29-23-42(8-3)24-30-46)39-53(45-27-21-41(7-2)22-28-45)50-34-33-48(47)55(49)56(50)51/h7-8,21-36,38-39H,2-4,6,9-20,37H2,1,5H3. The third-order valence-electron chi connectivity index (χ3n) is 12.2. The topological polar surface area (TPSA) is 26.3 Å². The van der Waals surface area contributed by atoms with Crippen LogP contribution in [0.15, 0.2) is 135 Å². The van der Waals surface area contributed by atoms with Crippen LogP contribution in [0.5, 0.6) is 0 Å². The van der Waals surface area contributed by atoms with Gasteiger partial charge in [-0.25, -0.2) is 4.79 Å². The van der Waals surface area contributed by atoms with Crippen LogP contribution in [0.2, 0.25) is 0 Å². The number of benzene rings is 7. The molecule has 2 heteroatoms. The molecule has 7 rings (SSSR count). The number of carbonyl (C=O) groups is 1. The van der Waals surface area contributed by atoms with Crippen molar-refractivity contribution in [2.75, 3.05) is 6.61 Å². The third kappa shape index (κ3) is 9.60. The summed E-state index contributed by atoms with van der Waals surface area (Å²) < 4.78 is 5.36. The second-order valence-electron chi connectivity index (χ2n) is 16.4. The van der Waals surface area contributed by atoms with E-state index in [0.717, 1.165) is 30.4 Å². The van der Waals surface area contributed by atoms with Crippen molar-refractivity contribution in [1.82, 2.24) is 0 Å². The van der Waals surface area contributed by atoms with E-state index in [9.17, 15) is 4.79 Å². The molecule has 7 aromatic rings. The second-order valence-corrected chi connectivity index (χ2v) is 16.4. The van der Waals surface area contributed by atoms with Crippen molar-refractivity contribution in [2.24, 2.45) is 0 Å². The highest BCUT2D eigenvalue weighted by Gasteiger charge is 2.20. The summed E-state index contributed by atoms with van der Waals surface area (Å²) in [5, 5.41) is 7.90. The summed E-state index contributed by atoms with van der Waals surface area (Å²) in [6.07, 6.45) is 19.8. The molecular formula is C57H60O2. The van der Waals surface area contributed by atoms with Gasteiger partial charge < -0.3 is 4.74 Å². The SMILES string of the molecule is C=Cc1ccc(-c2cc(-c3ccc(C=C)cc3)c3ccc4c(-c5ccc(CCCOC(=O)C(=C)C)cc5)cc(CCCCCCCCCCCC)c5ccc2c3c54)cc1. The maximum absolute atomic E-state index is 11.9. The molecule has 7 aromatic carbocycles. The summed E-state index contributed by atoms with van der Waals surface area (Å²) in [6.45, 7) is 16.1. The first-order valence-corrected chi connectivity index (χ1v) is 22.0. The molecule has 0 fully saturated rings. The number of esters is 1. The molecule has 0 aromatic heterocycles. The number of ether oxygens (including phenoxy) is 1. The Morgan fingerprint density at radius 3 is 1.46 bits per heavy atom. The third-order valence-corrected chi connectivity index (χ3v) is 12.2. The normalized spacial score (nSPS) is 11.4. The van der Waals surface area contributed by atoms with Gasteiger partial charge in [0.2, 0.25) is 0 Å². The Labute approximate surface area is 352 Å². The van der Waals surface area contributed by atoms with Crippen molar-refractivity contribution < 1.29 is 9.53 Å². The fourth-order valence-electron chi connectivity index (χ4n) is 8.81. The van der Waals surface area contributed by atoms with E-state index in [4.69, 9.17) is 4.74 Å². The predicted molar refractivity (Wildman–Crippen MR) is 256 cm³/mol. The van der Waals surface area contributed by atoms with Crippen LogP contribution < -0.4 is 0 Å². The number of aryl methyl sites for hydroxylation is 2. The maximum Gasteiger partial charge on any atom is 0.333 e. The monoisotopic (exact) mass is 776 g/mol. The number of hydrogen-bond donors (Lipinski definition) is 0. The first kappa shape index (κ1) is 41.4. The Kier molecular flexibility index (Phi) is 13.9. The molecule has 0 saturated carbocycles. The van der Waals surface area contributed by atoms with E-state index < -0.39 is 0 Å². The maximum atomic E-state index is 11.9. The van der Waals surface area contributed by atoms with Gasteiger partial charge in [0.25, 0.3) is 0 Å². The zero-order valence-electron chi connectivity index (χ0n) is 35.4. The van der Waals surface area contributed by atoms with Gasteiger partial charge in [-0.05, 0) is 133 Å². The van der Waals surface area contributed by atoms with E-state index in [1.165, 1.54) is 141 Å². The van der Waals surface area contributed by atoms with Gasteiger partial charge >= 0.3 is 5.97 Å². The van der Waals surface area contributed by atoms with Gasteiger partial charge in [-0.2, -0.15) is 0 Å². The molecule has 0 atom stereocenters. The lowest BCUT2D eigenvalue weighted by molar-refractivity contribution is -0.139. The minimum Gasteiger partial charge on any atom is -0.462 e. The van der Waals surface area contributed by atoms with E-state index >= 15 is 0 Å².